The maximum atomic E-state index is 14.4. The van der Waals surface area contributed by atoms with Crippen LogP contribution in [0.15, 0.2) is 65.6 Å². The zero-order valence-corrected chi connectivity index (χ0v) is 28.0. The van der Waals surface area contributed by atoms with Crippen LogP contribution in [0.3, 0.4) is 0 Å². The van der Waals surface area contributed by atoms with Crippen molar-refractivity contribution < 1.29 is 41.3 Å². The van der Waals surface area contributed by atoms with Crippen LogP contribution in [0.25, 0.3) is 0 Å². The summed E-state index contributed by atoms with van der Waals surface area (Å²) >= 11 is 0. The molecule has 2 amide bonds. The van der Waals surface area contributed by atoms with E-state index in [1.54, 1.807) is 13.0 Å². The van der Waals surface area contributed by atoms with Gasteiger partial charge in [-0.05, 0) is 54.3 Å². The molecule has 3 aromatic carbocycles. The van der Waals surface area contributed by atoms with Gasteiger partial charge in [-0.25, -0.2) is 12.8 Å². The second-order valence-electron chi connectivity index (χ2n) is 10.8. The van der Waals surface area contributed by atoms with E-state index in [1.165, 1.54) is 87.9 Å². The molecule has 0 aliphatic rings. The van der Waals surface area contributed by atoms with Gasteiger partial charge in [0.25, 0.3) is 10.0 Å². The van der Waals surface area contributed by atoms with Crippen LogP contribution >= 0.6 is 0 Å². The van der Waals surface area contributed by atoms with Gasteiger partial charge in [-0.15, -0.1) is 0 Å². The lowest BCUT2D eigenvalue weighted by Gasteiger charge is -2.33. The SMILES string of the molecule is CCC(C(=O)NCC(C)C)N(Cc1ccc(F)cc1)C(=O)CN(c1cc(OC)ccc1OC)S(=O)(=O)c1ccc(OC)c(OC)c1. The Hall–Kier alpha value is -4.52. The van der Waals surface area contributed by atoms with E-state index < -0.39 is 34.3 Å². The summed E-state index contributed by atoms with van der Waals surface area (Å²) in [6, 6.07) is 13.2. The van der Waals surface area contributed by atoms with Crippen molar-refractivity contribution in [2.24, 2.45) is 5.92 Å². The molecule has 46 heavy (non-hydrogen) atoms. The van der Waals surface area contributed by atoms with Crippen molar-refractivity contribution >= 4 is 27.5 Å². The Balaban J connectivity index is 2.18. The Bertz CT molecular complexity index is 1600. The van der Waals surface area contributed by atoms with Crippen LogP contribution in [0.4, 0.5) is 10.1 Å². The predicted molar refractivity (Wildman–Crippen MR) is 173 cm³/mol. The van der Waals surface area contributed by atoms with Crippen LogP contribution in [-0.2, 0) is 26.2 Å². The molecule has 250 valence electrons. The first-order valence-corrected chi connectivity index (χ1v) is 16.1. The third-order valence-corrected chi connectivity index (χ3v) is 8.97. The Morgan fingerprint density at radius 1 is 0.848 bits per heavy atom. The number of halogens is 1. The van der Waals surface area contributed by atoms with Gasteiger partial charge in [0, 0.05) is 25.2 Å². The fourth-order valence-electron chi connectivity index (χ4n) is 4.74. The molecule has 0 aliphatic carbocycles. The van der Waals surface area contributed by atoms with Crippen molar-refractivity contribution in [2.45, 2.75) is 44.7 Å². The molecule has 1 N–H and O–H groups in total. The Labute approximate surface area is 270 Å². The van der Waals surface area contributed by atoms with Crippen molar-refractivity contribution in [3.63, 3.8) is 0 Å². The summed E-state index contributed by atoms with van der Waals surface area (Å²) in [7, 11) is 1.12. The van der Waals surface area contributed by atoms with E-state index in [4.69, 9.17) is 18.9 Å². The molecule has 0 fully saturated rings. The molecule has 0 aromatic heterocycles. The normalized spacial score (nSPS) is 11.8. The summed E-state index contributed by atoms with van der Waals surface area (Å²) in [5.74, 6) is -0.413. The maximum absolute atomic E-state index is 14.4. The molecule has 0 bridgehead atoms. The van der Waals surface area contributed by atoms with E-state index in [9.17, 15) is 22.4 Å². The van der Waals surface area contributed by atoms with E-state index in [0.29, 0.717) is 23.6 Å². The minimum Gasteiger partial charge on any atom is -0.497 e. The Morgan fingerprint density at radius 3 is 2.04 bits per heavy atom. The number of sulfonamides is 1. The molecule has 3 aromatic rings. The van der Waals surface area contributed by atoms with E-state index in [0.717, 1.165) is 4.31 Å². The summed E-state index contributed by atoms with van der Waals surface area (Å²) in [4.78, 5) is 28.9. The summed E-state index contributed by atoms with van der Waals surface area (Å²) < 4.78 is 65.0. The maximum Gasteiger partial charge on any atom is 0.265 e. The number of rotatable bonds is 16. The minimum absolute atomic E-state index is 0.0315. The number of nitrogens with zero attached hydrogens (tertiary/aromatic N) is 2. The number of amides is 2. The molecule has 3 rings (SSSR count). The largest absolute Gasteiger partial charge is 0.497 e. The van der Waals surface area contributed by atoms with Crippen LogP contribution in [0.1, 0.15) is 32.8 Å². The fraction of sp³-hybridized carbons (Fsp3) is 0.394. The highest BCUT2D eigenvalue weighted by Gasteiger charge is 2.35. The van der Waals surface area contributed by atoms with Gasteiger partial charge in [0.15, 0.2) is 11.5 Å². The Kier molecular flexibility index (Phi) is 12.6. The van der Waals surface area contributed by atoms with Crippen molar-refractivity contribution in [3.8, 4) is 23.0 Å². The number of carbonyl (C=O) groups excluding carboxylic acids is 2. The van der Waals surface area contributed by atoms with Crippen LogP contribution in [0, 0.1) is 11.7 Å². The lowest BCUT2D eigenvalue weighted by atomic mass is 10.1. The lowest BCUT2D eigenvalue weighted by molar-refractivity contribution is -0.140. The number of carbonyl (C=O) groups is 2. The summed E-state index contributed by atoms with van der Waals surface area (Å²) in [5.41, 5.74) is 0.585. The van der Waals surface area contributed by atoms with E-state index in [-0.39, 0.29) is 46.9 Å². The molecule has 0 heterocycles. The second-order valence-corrected chi connectivity index (χ2v) is 12.6. The van der Waals surface area contributed by atoms with Gasteiger partial charge in [-0.1, -0.05) is 32.9 Å². The second kappa shape index (κ2) is 16.2. The molecule has 0 aliphatic heterocycles. The monoisotopic (exact) mass is 659 g/mol. The first kappa shape index (κ1) is 36.0. The first-order valence-electron chi connectivity index (χ1n) is 14.7. The summed E-state index contributed by atoms with van der Waals surface area (Å²) in [6.07, 6.45) is 0.238. The average molecular weight is 660 g/mol. The highest BCUT2D eigenvalue weighted by atomic mass is 32.2. The molecular weight excluding hydrogens is 617 g/mol. The summed E-state index contributed by atoms with van der Waals surface area (Å²) in [6.45, 7) is 5.24. The van der Waals surface area contributed by atoms with Crippen molar-refractivity contribution in [3.05, 3.63) is 72.0 Å². The van der Waals surface area contributed by atoms with Gasteiger partial charge >= 0.3 is 0 Å². The molecule has 1 unspecified atom stereocenters. The fourth-order valence-corrected chi connectivity index (χ4v) is 6.17. The zero-order valence-electron chi connectivity index (χ0n) is 27.2. The number of hydrogen-bond donors (Lipinski definition) is 1. The van der Waals surface area contributed by atoms with Crippen LogP contribution in [0.5, 0.6) is 23.0 Å². The third kappa shape index (κ3) is 8.59. The molecular formula is C33H42FN3O8S. The topological polar surface area (TPSA) is 124 Å². The van der Waals surface area contributed by atoms with Gasteiger partial charge < -0.3 is 29.2 Å². The Morgan fingerprint density at radius 2 is 1.48 bits per heavy atom. The summed E-state index contributed by atoms with van der Waals surface area (Å²) in [5, 5.41) is 2.87. The van der Waals surface area contributed by atoms with E-state index in [1.807, 2.05) is 13.8 Å². The van der Waals surface area contributed by atoms with Gasteiger partial charge in [0.2, 0.25) is 11.8 Å². The standard InChI is InChI=1S/C33H42FN3O8S/c1-8-27(33(39)35-19-22(2)3)36(20-23-9-11-24(34)12-10-23)32(38)21-37(28-17-25(42-4)13-15-29(28)43-5)46(40,41)26-14-16-30(44-6)31(18-26)45-7/h9-18,22,27H,8,19-21H2,1-7H3,(H,35,39). The number of nitrogens with one attached hydrogen (secondary N) is 1. The van der Waals surface area contributed by atoms with Gasteiger partial charge in [0.05, 0.1) is 39.0 Å². The highest BCUT2D eigenvalue weighted by molar-refractivity contribution is 7.92. The van der Waals surface area contributed by atoms with Crippen molar-refractivity contribution in [2.75, 3.05) is 45.8 Å². The molecule has 0 spiro atoms. The number of anilines is 1. The van der Waals surface area contributed by atoms with Gasteiger partial charge in [-0.2, -0.15) is 0 Å². The van der Waals surface area contributed by atoms with Crippen molar-refractivity contribution in [1.29, 1.82) is 0 Å². The van der Waals surface area contributed by atoms with Crippen LogP contribution < -0.4 is 28.6 Å². The van der Waals surface area contributed by atoms with Crippen LogP contribution in [-0.4, -0.2) is 72.7 Å². The van der Waals surface area contributed by atoms with E-state index in [2.05, 4.69) is 5.32 Å². The quantitative estimate of drug-likeness (QED) is 0.236. The number of ether oxygens (including phenoxy) is 4. The molecule has 0 saturated heterocycles. The molecule has 1 atom stereocenters. The third-order valence-electron chi connectivity index (χ3n) is 7.21. The smallest absolute Gasteiger partial charge is 0.265 e. The highest BCUT2D eigenvalue weighted by Crippen LogP contribution is 2.38. The van der Waals surface area contributed by atoms with Crippen LogP contribution in [0.2, 0.25) is 0 Å². The van der Waals surface area contributed by atoms with Gasteiger partial charge in [-0.3, -0.25) is 13.9 Å². The molecule has 11 nitrogen and oxygen atoms in total. The van der Waals surface area contributed by atoms with E-state index >= 15 is 0 Å². The number of hydrogen-bond acceptors (Lipinski definition) is 8. The molecule has 13 heteroatoms. The lowest BCUT2D eigenvalue weighted by Crippen LogP contribution is -2.52. The minimum atomic E-state index is -4.49. The molecule has 0 saturated carbocycles. The zero-order chi connectivity index (χ0) is 34.0. The van der Waals surface area contributed by atoms with Crippen molar-refractivity contribution in [1.82, 2.24) is 10.2 Å². The molecule has 0 radical (unpaired) electrons. The first-order chi connectivity index (χ1) is 21.9. The number of benzene rings is 3. The number of methoxy groups -OCH3 is 4. The van der Waals surface area contributed by atoms with Gasteiger partial charge in [0.1, 0.15) is 29.9 Å². The average Bonchev–Trinajstić information content (AvgIpc) is 3.05. The predicted octanol–water partition coefficient (Wildman–Crippen LogP) is 4.64.